The van der Waals surface area contributed by atoms with E-state index in [0.29, 0.717) is 14.8 Å². The van der Waals surface area contributed by atoms with Gasteiger partial charge < -0.3 is 4.57 Å². The predicted molar refractivity (Wildman–Crippen MR) is 100 cm³/mol. The number of halogens is 3. The highest BCUT2D eigenvalue weighted by molar-refractivity contribution is 7.16. The number of para-hydroxylation sites is 1. The fourth-order valence-electron chi connectivity index (χ4n) is 2.22. The Bertz CT molecular complexity index is 1060. The molecule has 0 saturated heterocycles. The molecule has 3 aromatic rings. The van der Waals surface area contributed by atoms with Gasteiger partial charge in [0.15, 0.2) is 4.80 Å². The maximum atomic E-state index is 12.5. The van der Waals surface area contributed by atoms with Crippen LogP contribution in [0.2, 0.25) is 15.1 Å². The van der Waals surface area contributed by atoms with E-state index in [1.54, 1.807) is 22.8 Å². The molecular formula is C17H9Cl3N2OS. The summed E-state index contributed by atoms with van der Waals surface area (Å²) in [6, 6.07) is 10.2. The highest BCUT2D eigenvalue weighted by Crippen LogP contribution is 2.26. The molecule has 1 heterocycles. The molecule has 1 aromatic heterocycles. The van der Waals surface area contributed by atoms with E-state index in [-0.39, 0.29) is 17.1 Å². The summed E-state index contributed by atoms with van der Waals surface area (Å²) < 4.78 is 2.63. The first-order valence-corrected chi connectivity index (χ1v) is 8.71. The van der Waals surface area contributed by atoms with Crippen LogP contribution in [0, 0.1) is 12.3 Å². The number of amides is 1. The highest BCUT2D eigenvalue weighted by atomic mass is 35.5. The van der Waals surface area contributed by atoms with Gasteiger partial charge in [-0.25, -0.2) is 0 Å². The van der Waals surface area contributed by atoms with Gasteiger partial charge in [0, 0.05) is 5.02 Å². The minimum absolute atomic E-state index is 0.236. The molecule has 3 rings (SSSR count). The lowest BCUT2D eigenvalue weighted by Crippen LogP contribution is -2.16. The van der Waals surface area contributed by atoms with E-state index in [1.807, 2.05) is 12.1 Å². The van der Waals surface area contributed by atoms with Crippen LogP contribution in [0.1, 0.15) is 10.4 Å². The van der Waals surface area contributed by atoms with Crippen molar-refractivity contribution in [3.05, 3.63) is 61.8 Å². The van der Waals surface area contributed by atoms with Gasteiger partial charge in [-0.15, -0.1) is 6.42 Å². The summed E-state index contributed by atoms with van der Waals surface area (Å²) in [5.74, 6) is 2.07. The SMILES string of the molecule is C#CCn1c(=NC(=O)c2cc(Cl)ccc2Cl)sc2cccc(Cl)c21. The molecule has 0 N–H and O–H groups in total. The molecular weight excluding hydrogens is 387 g/mol. The van der Waals surface area contributed by atoms with E-state index in [2.05, 4.69) is 10.9 Å². The van der Waals surface area contributed by atoms with Crippen LogP contribution in [-0.4, -0.2) is 10.5 Å². The van der Waals surface area contributed by atoms with Crippen molar-refractivity contribution in [2.75, 3.05) is 0 Å². The number of carbonyl (C=O) groups excluding carboxylic acids is 1. The average molecular weight is 396 g/mol. The van der Waals surface area contributed by atoms with E-state index >= 15 is 0 Å². The monoisotopic (exact) mass is 394 g/mol. The molecule has 0 atom stereocenters. The number of benzene rings is 2. The molecule has 0 spiro atoms. The molecule has 0 fully saturated rings. The van der Waals surface area contributed by atoms with Crippen molar-refractivity contribution in [2.24, 2.45) is 4.99 Å². The lowest BCUT2D eigenvalue weighted by atomic mass is 10.2. The van der Waals surface area contributed by atoms with Crippen LogP contribution in [0.4, 0.5) is 0 Å². The number of nitrogens with zero attached hydrogens (tertiary/aromatic N) is 2. The normalized spacial score (nSPS) is 11.7. The van der Waals surface area contributed by atoms with Gasteiger partial charge in [0.05, 0.1) is 32.4 Å². The second kappa shape index (κ2) is 7.00. The minimum Gasteiger partial charge on any atom is -0.303 e. The Hall–Kier alpha value is -1.77. The topological polar surface area (TPSA) is 34.4 Å². The average Bonchev–Trinajstić information content (AvgIpc) is 2.89. The Kier molecular flexibility index (Phi) is 4.98. The van der Waals surface area contributed by atoms with Crippen LogP contribution < -0.4 is 4.80 Å². The van der Waals surface area contributed by atoms with Gasteiger partial charge in [-0.05, 0) is 30.3 Å². The Morgan fingerprint density at radius 1 is 1.21 bits per heavy atom. The Balaban J connectivity index is 2.22. The molecule has 0 bridgehead atoms. The standard InChI is InChI=1S/C17H9Cl3N2OS/c1-2-8-22-15-13(20)4-3-5-14(15)24-17(22)21-16(23)11-9-10(18)6-7-12(11)19/h1,3-7,9H,8H2. The van der Waals surface area contributed by atoms with Crippen molar-refractivity contribution in [2.45, 2.75) is 6.54 Å². The molecule has 2 aromatic carbocycles. The fraction of sp³-hybridized carbons (Fsp3) is 0.0588. The largest absolute Gasteiger partial charge is 0.303 e. The van der Waals surface area contributed by atoms with Gasteiger partial charge in [0.1, 0.15) is 0 Å². The number of hydrogen-bond donors (Lipinski definition) is 0. The molecule has 3 nitrogen and oxygen atoms in total. The van der Waals surface area contributed by atoms with Gasteiger partial charge in [0.2, 0.25) is 0 Å². The lowest BCUT2D eigenvalue weighted by molar-refractivity contribution is 0.0998. The Morgan fingerprint density at radius 2 is 2.00 bits per heavy atom. The first kappa shape index (κ1) is 17.1. The third-order valence-electron chi connectivity index (χ3n) is 3.26. The summed E-state index contributed by atoms with van der Waals surface area (Å²) in [5.41, 5.74) is 0.992. The zero-order valence-corrected chi connectivity index (χ0v) is 15.2. The summed E-state index contributed by atoms with van der Waals surface area (Å²) in [5, 5.41) is 1.25. The number of fused-ring (bicyclic) bond motifs is 1. The van der Waals surface area contributed by atoms with Crippen molar-refractivity contribution in [1.82, 2.24) is 4.57 Å². The summed E-state index contributed by atoms with van der Waals surface area (Å²) in [7, 11) is 0. The third-order valence-corrected chi connectivity index (χ3v) is 5.17. The second-order valence-corrected chi connectivity index (χ2v) is 7.06. The number of aromatic nitrogens is 1. The first-order valence-electron chi connectivity index (χ1n) is 6.76. The number of carbonyl (C=O) groups is 1. The number of thiazole rings is 1. The van der Waals surface area contributed by atoms with E-state index in [9.17, 15) is 4.79 Å². The predicted octanol–water partition coefficient (Wildman–Crippen LogP) is 5.04. The van der Waals surface area contributed by atoms with E-state index in [4.69, 9.17) is 41.2 Å². The molecule has 120 valence electrons. The zero-order valence-electron chi connectivity index (χ0n) is 12.1. The lowest BCUT2D eigenvalue weighted by Gasteiger charge is -2.02. The molecule has 0 aliphatic carbocycles. The van der Waals surface area contributed by atoms with Gasteiger partial charge in [-0.3, -0.25) is 4.79 Å². The van der Waals surface area contributed by atoms with Crippen LogP contribution in [0.15, 0.2) is 41.4 Å². The van der Waals surface area contributed by atoms with Crippen LogP contribution in [-0.2, 0) is 6.54 Å². The van der Waals surface area contributed by atoms with E-state index < -0.39 is 5.91 Å². The molecule has 0 saturated carbocycles. The number of terminal acetylenes is 1. The quantitative estimate of drug-likeness (QED) is 0.560. The van der Waals surface area contributed by atoms with Crippen molar-refractivity contribution < 1.29 is 4.79 Å². The number of hydrogen-bond acceptors (Lipinski definition) is 2. The van der Waals surface area contributed by atoms with Crippen LogP contribution in [0.25, 0.3) is 10.2 Å². The second-order valence-electron chi connectivity index (χ2n) is 4.80. The minimum atomic E-state index is -0.490. The number of rotatable bonds is 2. The van der Waals surface area contributed by atoms with Crippen LogP contribution in [0.5, 0.6) is 0 Å². The van der Waals surface area contributed by atoms with E-state index in [1.165, 1.54) is 17.4 Å². The van der Waals surface area contributed by atoms with Crippen molar-refractivity contribution in [1.29, 1.82) is 0 Å². The molecule has 0 aliphatic rings. The van der Waals surface area contributed by atoms with Crippen molar-refractivity contribution in [3.8, 4) is 12.3 Å². The Labute approximate surface area is 157 Å². The summed E-state index contributed by atoms with van der Waals surface area (Å²) >= 11 is 19.6. The fourth-order valence-corrected chi connectivity index (χ4v) is 3.98. The highest BCUT2D eigenvalue weighted by Gasteiger charge is 2.13. The first-order chi connectivity index (χ1) is 11.5. The van der Waals surface area contributed by atoms with Crippen LogP contribution >= 0.6 is 46.1 Å². The summed E-state index contributed by atoms with van der Waals surface area (Å²) in [6.07, 6.45) is 5.44. The van der Waals surface area contributed by atoms with Gasteiger partial charge in [-0.2, -0.15) is 4.99 Å². The molecule has 0 unspecified atom stereocenters. The van der Waals surface area contributed by atoms with Gasteiger partial charge in [-0.1, -0.05) is 58.1 Å². The molecule has 0 aliphatic heterocycles. The molecule has 0 radical (unpaired) electrons. The smallest absolute Gasteiger partial charge is 0.281 e. The maximum absolute atomic E-state index is 12.5. The summed E-state index contributed by atoms with van der Waals surface area (Å²) in [4.78, 5) is 17.1. The maximum Gasteiger partial charge on any atom is 0.281 e. The van der Waals surface area contributed by atoms with Gasteiger partial charge in [0.25, 0.3) is 5.91 Å². The molecule has 1 amide bonds. The van der Waals surface area contributed by atoms with Crippen molar-refractivity contribution >= 4 is 62.3 Å². The zero-order chi connectivity index (χ0) is 17.3. The van der Waals surface area contributed by atoms with Crippen molar-refractivity contribution in [3.63, 3.8) is 0 Å². The Morgan fingerprint density at radius 3 is 2.75 bits per heavy atom. The third kappa shape index (κ3) is 3.22. The van der Waals surface area contributed by atoms with Crippen LogP contribution in [0.3, 0.4) is 0 Å². The van der Waals surface area contributed by atoms with E-state index in [0.717, 1.165) is 10.2 Å². The molecule has 24 heavy (non-hydrogen) atoms. The molecule has 7 heteroatoms. The summed E-state index contributed by atoms with van der Waals surface area (Å²) in [6.45, 7) is 0.249. The van der Waals surface area contributed by atoms with Gasteiger partial charge >= 0.3 is 0 Å².